The first-order valence-corrected chi connectivity index (χ1v) is 3.99. The Bertz CT molecular complexity index is 557. The van der Waals surface area contributed by atoms with Gasteiger partial charge in [-0.25, -0.2) is 4.79 Å². The van der Waals surface area contributed by atoms with E-state index in [1.807, 2.05) is 0 Å². The van der Waals surface area contributed by atoms with Gasteiger partial charge in [-0.3, -0.25) is 4.79 Å². The summed E-state index contributed by atoms with van der Waals surface area (Å²) in [6, 6.07) is 6.40. The molecular weight excluding hydrogens is 182 g/mol. The second-order valence-corrected chi connectivity index (χ2v) is 2.90. The maximum atomic E-state index is 11.1. The maximum absolute atomic E-state index is 11.1. The Kier molecular flexibility index (Phi) is 1.81. The third kappa shape index (κ3) is 1.26. The van der Waals surface area contributed by atoms with E-state index in [1.54, 1.807) is 18.2 Å². The monoisotopic (exact) mass is 189 g/mol. The summed E-state index contributed by atoms with van der Waals surface area (Å²) in [6.45, 7) is 0. The highest BCUT2D eigenvalue weighted by Crippen LogP contribution is 2.15. The van der Waals surface area contributed by atoms with E-state index in [0.29, 0.717) is 22.9 Å². The fourth-order valence-corrected chi connectivity index (χ4v) is 1.23. The van der Waals surface area contributed by atoms with Crippen molar-refractivity contribution in [3.8, 4) is 0 Å². The first kappa shape index (κ1) is 8.50. The Morgan fingerprint density at radius 1 is 1.29 bits per heavy atom. The number of hydrogen-bond donors (Lipinski definition) is 1. The average molecular weight is 189 g/mol. The van der Waals surface area contributed by atoms with Crippen LogP contribution < -0.4 is 11.4 Å². The van der Waals surface area contributed by atoms with E-state index in [9.17, 15) is 9.59 Å². The fourth-order valence-electron chi connectivity index (χ4n) is 1.23. The van der Waals surface area contributed by atoms with Crippen molar-refractivity contribution in [1.82, 2.24) is 0 Å². The van der Waals surface area contributed by atoms with Crippen LogP contribution in [0.2, 0.25) is 0 Å². The van der Waals surface area contributed by atoms with Crippen LogP contribution in [-0.2, 0) is 0 Å². The number of carbonyl (C=O) groups excluding carboxylic acids is 1. The standard InChI is InChI=1S/C10H7NO3/c11-8-2-1-6-3-7(5-12)10(13)14-9(6)4-8/h1-5H,11H2. The molecule has 0 bridgehead atoms. The second-order valence-electron chi connectivity index (χ2n) is 2.90. The molecule has 0 unspecified atom stereocenters. The number of nitrogens with two attached hydrogens (primary N) is 1. The van der Waals surface area contributed by atoms with Gasteiger partial charge in [0.1, 0.15) is 11.1 Å². The SMILES string of the molecule is Nc1ccc2cc(C=O)c(=O)oc2c1. The van der Waals surface area contributed by atoms with Gasteiger partial charge >= 0.3 is 5.63 Å². The van der Waals surface area contributed by atoms with E-state index < -0.39 is 5.63 Å². The summed E-state index contributed by atoms with van der Waals surface area (Å²) in [5.41, 5.74) is 5.79. The lowest BCUT2D eigenvalue weighted by Gasteiger charge is -1.97. The van der Waals surface area contributed by atoms with E-state index in [2.05, 4.69) is 0 Å². The lowest BCUT2D eigenvalue weighted by Crippen LogP contribution is -2.05. The van der Waals surface area contributed by atoms with E-state index in [0.717, 1.165) is 0 Å². The van der Waals surface area contributed by atoms with Crippen molar-refractivity contribution in [2.75, 3.05) is 5.73 Å². The molecule has 70 valence electrons. The van der Waals surface area contributed by atoms with Crippen LogP contribution >= 0.6 is 0 Å². The van der Waals surface area contributed by atoms with Crippen LogP contribution in [0.1, 0.15) is 10.4 Å². The lowest BCUT2D eigenvalue weighted by molar-refractivity contribution is 0.112. The van der Waals surface area contributed by atoms with Gasteiger partial charge in [-0.1, -0.05) is 0 Å². The highest BCUT2D eigenvalue weighted by molar-refractivity contribution is 5.85. The van der Waals surface area contributed by atoms with Crippen molar-refractivity contribution >= 4 is 22.9 Å². The van der Waals surface area contributed by atoms with E-state index >= 15 is 0 Å². The van der Waals surface area contributed by atoms with Gasteiger partial charge in [0.15, 0.2) is 6.29 Å². The molecule has 14 heavy (non-hydrogen) atoms. The predicted octanol–water partition coefficient (Wildman–Crippen LogP) is 1.19. The molecule has 4 nitrogen and oxygen atoms in total. The van der Waals surface area contributed by atoms with Crippen LogP contribution in [0.5, 0.6) is 0 Å². The molecular formula is C10H7NO3. The number of rotatable bonds is 1. The third-order valence-electron chi connectivity index (χ3n) is 1.91. The van der Waals surface area contributed by atoms with E-state index in [4.69, 9.17) is 10.2 Å². The molecule has 4 heteroatoms. The highest BCUT2D eigenvalue weighted by atomic mass is 16.4. The summed E-state index contributed by atoms with van der Waals surface area (Å²) in [7, 11) is 0. The van der Waals surface area contributed by atoms with Crippen molar-refractivity contribution < 1.29 is 9.21 Å². The molecule has 0 saturated carbocycles. The van der Waals surface area contributed by atoms with Gasteiger partial charge in [0.25, 0.3) is 0 Å². The van der Waals surface area contributed by atoms with Crippen molar-refractivity contribution in [2.45, 2.75) is 0 Å². The van der Waals surface area contributed by atoms with Crippen molar-refractivity contribution in [3.05, 3.63) is 40.2 Å². The molecule has 0 amide bonds. The molecule has 2 aromatic rings. The third-order valence-corrected chi connectivity index (χ3v) is 1.91. The van der Waals surface area contributed by atoms with Gasteiger partial charge in [0.05, 0.1) is 0 Å². The van der Waals surface area contributed by atoms with E-state index in [-0.39, 0.29) is 5.56 Å². The van der Waals surface area contributed by atoms with E-state index in [1.165, 1.54) is 6.07 Å². The smallest absolute Gasteiger partial charge is 0.346 e. The summed E-state index contributed by atoms with van der Waals surface area (Å²) in [6.07, 6.45) is 0.474. The molecule has 1 aromatic carbocycles. The van der Waals surface area contributed by atoms with Crippen molar-refractivity contribution in [3.63, 3.8) is 0 Å². The number of carbonyl (C=O) groups is 1. The molecule has 0 fully saturated rings. The number of nitrogen functional groups attached to an aromatic ring is 1. The maximum Gasteiger partial charge on any atom is 0.346 e. The molecule has 0 aliphatic carbocycles. The predicted molar refractivity (Wildman–Crippen MR) is 52.3 cm³/mol. The summed E-state index contributed by atoms with van der Waals surface area (Å²) in [4.78, 5) is 21.6. The molecule has 0 radical (unpaired) electrons. The number of anilines is 1. The minimum absolute atomic E-state index is 0.0160. The number of fused-ring (bicyclic) bond motifs is 1. The topological polar surface area (TPSA) is 73.3 Å². The van der Waals surface area contributed by atoms with Crippen molar-refractivity contribution in [1.29, 1.82) is 0 Å². The Hall–Kier alpha value is -2.10. The Balaban J connectivity index is 2.86. The molecule has 1 heterocycles. The Morgan fingerprint density at radius 3 is 2.79 bits per heavy atom. The zero-order valence-corrected chi connectivity index (χ0v) is 7.19. The molecule has 2 rings (SSSR count). The summed E-state index contributed by atoms with van der Waals surface area (Å²) in [5, 5.41) is 0.681. The minimum Gasteiger partial charge on any atom is -0.422 e. The number of benzene rings is 1. The first-order chi connectivity index (χ1) is 6.70. The number of hydrogen-bond acceptors (Lipinski definition) is 4. The zero-order chi connectivity index (χ0) is 10.1. The first-order valence-electron chi connectivity index (χ1n) is 3.99. The molecule has 0 aliphatic rings. The van der Waals surface area contributed by atoms with Gasteiger partial charge in [-0.05, 0) is 18.2 Å². The quantitative estimate of drug-likeness (QED) is 0.415. The molecule has 0 saturated heterocycles. The lowest BCUT2D eigenvalue weighted by atomic mass is 10.2. The molecule has 2 N–H and O–H groups in total. The minimum atomic E-state index is -0.641. The van der Waals surface area contributed by atoms with Gasteiger partial charge in [-0.15, -0.1) is 0 Å². The second kappa shape index (κ2) is 2.99. The van der Waals surface area contributed by atoms with Gasteiger partial charge in [-0.2, -0.15) is 0 Å². The summed E-state index contributed by atoms with van der Waals surface area (Å²) < 4.78 is 4.90. The van der Waals surface area contributed by atoms with Crippen LogP contribution in [0.15, 0.2) is 33.5 Å². The summed E-state index contributed by atoms with van der Waals surface area (Å²) >= 11 is 0. The normalized spacial score (nSPS) is 10.3. The van der Waals surface area contributed by atoms with Crippen molar-refractivity contribution in [2.24, 2.45) is 0 Å². The Morgan fingerprint density at radius 2 is 2.07 bits per heavy atom. The zero-order valence-electron chi connectivity index (χ0n) is 7.19. The largest absolute Gasteiger partial charge is 0.422 e. The molecule has 0 spiro atoms. The van der Waals surface area contributed by atoms with Crippen LogP contribution in [0.25, 0.3) is 11.0 Å². The van der Waals surface area contributed by atoms with Gasteiger partial charge in [0, 0.05) is 17.1 Å². The Labute approximate surface area is 78.9 Å². The molecule has 0 aliphatic heterocycles. The average Bonchev–Trinajstić information content (AvgIpc) is 2.16. The van der Waals surface area contributed by atoms with Crippen LogP contribution in [-0.4, -0.2) is 6.29 Å². The molecule has 1 aromatic heterocycles. The van der Waals surface area contributed by atoms with Crippen LogP contribution in [0.4, 0.5) is 5.69 Å². The van der Waals surface area contributed by atoms with Crippen LogP contribution in [0, 0.1) is 0 Å². The van der Waals surface area contributed by atoms with Crippen LogP contribution in [0.3, 0.4) is 0 Å². The van der Waals surface area contributed by atoms with Gasteiger partial charge in [0.2, 0.25) is 0 Å². The fraction of sp³-hybridized carbons (Fsp3) is 0. The van der Waals surface area contributed by atoms with Gasteiger partial charge < -0.3 is 10.2 Å². The highest BCUT2D eigenvalue weighted by Gasteiger charge is 2.03. The molecule has 0 atom stereocenters. The summed E-state index contributed by atoms with van der Waals surface area (Å²) in [5.74, 6) is 0. The number of aldehydes is 1.